The smallest absolute Gasteiger partial charge is 0.205 e. The molecule has 0 amide bonds. The zero-order chi connectivity index (χ0) is 42.1. The lowest BCUT2D eigenvalue weighted by atomic mass is 9.82. The Hall–Kier alpha value is -6.74. The standard InChI is InChI=1S/C23H20BrN3O3.C22H18BrN3O3/c1-27-18-6-4-5-14-13(18)7-8-15-20(16(11-25)23(26)30-21(14)15)12-9-17(24)22(29-3)19(10-12)28-2;1-27-18-9-11(8-16(23)21(18)28-2)19-14-7-6-12-13(4-3-5-17(12)25)20(14)29-22(26)15(19)10-24/h4-10,20,27H,26H2,1-3H3;3-9,19H,25-26H2,1-2H3. The molecule has 2 aliphatic rings. The molecule has 6 aromatic carbocycles. The highest BCUT2D eigenvalue weighted by Gasteiger charge is 2.34. The van der Waals surface area contributed by atoms with E-state index >= 15 is 0 Å². The molecule has 8 rings (SSSR count). The number of benzene rings is 6. The van der Waals surface area contributed by atoms with Crippen molar-refractivity contribution in [3.8, 4) is 46.6 Å². The van der Waals surface area contributed by atoms with E-state index in [1.54, 1.807) is 28.4 Å². The number of nitrogens with one attached hydrogen (secondary N) is 1. The third kappa shape index (κ3) is 7.00. The van der Waals surface area contributed by atoms with Crippen LogP contribution < -0.4 is 50.9 Å². The van der Waals surface area contributed by atoms with Crippen LogP contribution in [0.5, 0.6) is 34.5 Å². The van der Waals surface area contributed by atoms with Crippen molar-refractivity contribution < 1.29 is 28.4 Å². The van der Waals surface area contributed by atoms with Crippen LogP contribution in [0.2, 0.25) is 0 Å². The topological polar surface area (TPSA) is 193 Å². The zero-order valence-corrected chi connectivity index (χ0v) is 35.7. The molecular weight excluding hydrogens is 880 g/mol. The predicted molar refractivity (Wildman–Crippen MR) is 235 cm³/mol. The van der Waals surface area contributed by atoms with E-state index in [4.69, 9.17) is 45.6 Å². The van der Waals surface area contributed by atoms with Gasteiger partial charge >= 0.3 is 0 Å². The van der Waals surface area contributed by atoms with Crippen LogP contribution in [0.15, 0.2) is 117 Å². The molecule has 298 valence electrons. The number of anilines is 2. The average molecular weight is 919 g/mol. The summed E-state index contributed by atoms with van der Waals surface area (Å²) in [6.45, 7) is 0. The summed E-state index contributed by atoms with van der Waals surface area (Å²) in [5.74, 6) is 2.86. The van der Waals surface area contributed by atoms with Crippen molar-refractivity contribution in [2.24, 2.45) is 11.5 Å². The maximum absolute atomic E-state index is 9.87. The third-order valence-corrected chi connectivity index (χ3v) is 11.5. The summed E-state index contributed by atoms with van der Waals surface area (Å²) in [6.07, 6.45) is 0. The number of hydrogen-bond donors (Lipinski definition) is 4. The number of nitrogens with zero attached hydrogens (tertiary/aromatic N) is 2. The van der Waals surface area contributed by atoms with Crippen molar-refractivity contribution in [1.82, 2.24) is 0 Å². The number of nitrogen functional groups attached to an aromatic ring is 1. The Bertz CT molecular complexity index is 2830. The molecule has 6 aromatic rings. The molecule has 2 heterocycles. The van der Waals surface area contributed by atoms with Crippen molar-refractivity contribution in [3.05, 3.63) is 139 Å². The summed E-state index contributed by atoms with van der Waals surface area (Å²) in [5.41, 5.74) is 24.2. The second-order valence-corrected chi connectivity index (χ2v) is 15.1. The van der Waals surface area contributed by atoms with E-state index in [0.717, 1.165) is 54.0 Å². The molecule has 2 atom stereocenters. The average Bonchev–Trinajstić information content (AvgIpc) is 3.24. The molecule has 0 spiro atoms. The number of fused-ring (bicyclic) bond motifs is 6. The lowest BCUT2D eigenvalue weighted by Crippen LogP contribution is -2.21. The summed E-state index contributed by atoms with van der Waals surface area (Å²) in [7, 11) is 8.17. The molecule has 14 heteroatoms. The molecule has 7 N–H and O–H groups in total. The quantitative estimate of drug-likeness (QED) is 0.111. The fourth-order valence-electron chi connectivity index (χ4n) is 7.69. The molecule has 2 aliphatic heterocycles. The maximum Gasteiger partial charge on any atom is 0.205 e. The molecule has 0 fully saturated rings. The number of nitrogens with two attached hydrogens (primary N) is 3. The van der Waals surface area contributed by atoms with E-state index < -0.39 is 11.8 Å². The fourth-order valence-corrected chi connectivity index (χ4v) is 8.93. The second kappa shape index (κ2) is 16.6. The highest BCUT2D eigenvalue weighted by atomic mass is 79.9. The Morgan fingerprint density at radius 1 is 0.593 bits per heavy atom. The van der Waals surface area contributed by atoms with E-state index in [1.807, 2.05) is 92.0 Å². The van der Waals surface area contributed by atoms with E-state index in [9.17, 15) is 10.5 Å². The lowest BCUT2D eigenvalue weighted by Gasteiger charge is -2.28. The summed E-state index contributed by atoms with van der Waals surface area (Å²) < 4.78 is 35.1. The number of nitriles is 2. The maximum atomic E-state index is 9.87. The van der Waals surface area contributed by atoms with Crippen LogP contribution in [0, 0.1) is 22.7 Å². The minimum absolute atomic E-state index is 0.0748. The van der Waals surface area contributed by atoms with Gasteiger partial charge < -0.3 is 50.9 Å². The molecule has 12 nitrogen and oxygen atoms in total. The first kappa shape index (κ1) is 40.5. The van der Waals surface area contributed by atoms with Crippen LogP contribution in [0.1, 0.15) is 34.1 Å². The van der Waals surface area contributed by atoms with E-state index in [2.05, 4.69) is 49.3 Å². The molecule has 59 heavy (non-hydrogen) atoms. The minimum Gasteiger partial charge on any atom is -0.493 e. The van der Waals surface area contributed by atoms with Gasteiger partial charge in [-0.05, 0) is 79.4 Å². The third-order valence-electron chi connectivity index (χ3n) is 10.4. The molecule has 0 saturated carbocycles. The van der Waals surface area contributed by atoms with Gasteiger partial charge in [0.2, 0.25) is 11.8 Å². The van der Waals surface area contributed by atoms with E-state index in [0.29, 0.717) is 55.8 Å². The highest BCUT2D eigenvalue weighted by Crippen LogP contribution is 2.50. The van der Waals surface area contributed by atoms with Crippen molar-refractivity contribution in [2.75, 3.05) is 46.5 Å². The number of ether oxygens (including phenoxy) is 6. The van der Waals surface area contributed by atoms with Crippen LogP contribution >= 0.6 is 31.9 Å². The van der Waals surface area contributed by atoms with Crippen molar-refractivity contribution in [2.45, 2.75) is 11.8 Å². The summed E-state index contributed by atoms with van der Waals surface area (Å²) in [6, 6.07) is 31.4. The second-order valence-electron chi connectivity index (χ2n) is 13.4. The predicted octanol–water partition coefficient (Wildman–Crippen LogP) is 9.30. The molecule has 0 aromatic heterocycles. The summed E-state index contributed by atoms with van der Waals surface area (Å²) in [4.78, 5) is 0. The van der Waals surface area contributed by atoms with Crippen LogP contribution in [0.3, 0.4) is 0 Å². The Balaban J connectivity index is 0.000000179. The van der Waals surface area contributed by atoms with Gasteiger partial charge in [-0.1, -0.05) is 48.5 Å². The zero-order valence-electron chi connectivity index (χ0n) is 32.6. The van der Waals surface area contributed by atoms with Gasteiger partial charge in [0.05, 0.1) is 49.2 Å². The number of allylic oxidation sites excluding steroid dienone is 2. The SMILES string of the molecule is CNc1cccc2c3c(ccc12)C(c1cc(Br)c(OC)c(OC)c1)C(C#N)=C(N)O3.COc1cc(C2C(C#N)=C(N)Oc3c2ccc2c(N)cccc32)cc(Br)c1OC. The largest absolute Gasteiger partial charge is 0.493 e. The van der Waals surface area contributed by atoms with Crippen LogP contribution in [0.25, 0.3) is 21.5 Å². The molecule has 0 bridgehead atoms. The normalized spacial score (nSPS) is 15.3. The van der Waals surface area contributed by atoms with Gasteiger partial charge in [-0.25, -0.2) is 0 Å². The monoisotopic (exact) mass is 916 g/mol. The van der Waals surface area contributed by atoms with Crippen LogP contribution in [-0.4, -0.2) is 35.5 Å². The summed E-state index contributed by atoms with van der Waals surface area (Å²) >= 11 is 7.08. The molecule has 0 radical (unpaired) electrons. The molecular formula is C45H38Br2N6O6. The van der Waals surface area contributed by atoms with Gasteiger partial charge in [0.15, 0.2) is 23.0 Å². The highest BCUT2D eigenvalue weighted by molar-refractivity contribution is 9.11. The van der Waals surface area contributed by atoms with E-state index in [-0.39, 0.29) is 11.8 Å². The summed E-state index contributed by atoms with van der Waals surface area (Å²) in [5, 5.41) is 26.5. The van der Waals surface area contributed by atoms with Crippen molar-refractivity contribution in [1.29, 1.82) is 10.5 Å². The lowest BCUT2D eigenvalue weighted by molar-refractivity contribution is 0.352. The van der Waals surface area contributed by atoms with Gasteiger partial charge in [-0.2, -0.15) is 10.5 Å². The van der Waals surface area contributed by atoms with E-state index in [1.165, 1.54) is 0 Å². The van der Waals surface area contributed by atoms with Crippen LogP contribution in [-0.2, 0) is 0 Å². The van der Waals surface area contributed by atoms with Gasteiger partial charge in [-0.15, -0.1) is 0 Å². The van der Waals surface area contributed by atoms with Gasteiger partial charge in [0, 0.05) is 51.1 Å². The van der Waals surface area contributed by atoms with Gasteiger partial charge in [0.25, 0.3) is 0 Å². The Kier molecular flexibility index (Phi) is 11.4. The van der Waals surface area contributed by atoms with Gasteiger partial charge in [-0.3, -0.25) is 0 Å². The van der Waals surface area contributed by atoms with Crippen molar-refractivity contribution >= 4 is 64.8 Å². The first-order chi connectivity index (χ1) is 28.5. The molecule has 0 saturated heterocycles. The Morgan fingerprint density at radius 2 is 1.05 bits per heavy atom. The Morgan fingerprint density at radius 3 is 1.49 bits per heavy atom. The molecule has 2 unspecified atom stereocenters. The number of halogens is 2. The number of methoxy groups -OCH3 is 4. The number of hydrogen-bond acceptors (Lipinski definition) is 12. The first-order valence-electron chi connectivity index (χ1n) is 18.1. The number of rotatable bonds is 7. The molecule has 0 aliphatic carbocycles. The van der Waals surface area contributed by atoms with Crippen molar-refractivity contribution in [3.63, 3.8) is 0 Å². The fraction of sp³-hybridized carbons (Fsp3) is 0.156. The minimum atomic E-state index is -0.425. The first-order valence-corrected chi connectivity index (χ1v) is 19.6. The van der Waals surface area contributed by atoms with Gasteiger partial charge in [0.1, 0.15) is 34.8 Å². The Labute approximate surface area is 357 Å². The van der Waals surface area contributed by atoms with Crippen LogP contribution in [0.4, 0.5) is 11.4 Å².